The molecule has 2 aromatic rings. The zero-order valence-corrected chi connectivity index (χ0v) is 13.2. The lowest BCUT2D eigenvalue weighted by Crippen LogP contribution is -2.35. The normalized spacial score (nSPS) is 10.0. The standard InChI is InChI=1S/C17H15ClN2O3/c1-11(21)12-6-8-14(9-7-12)20-17(23)16(22)19-10-13-4-2-3-5-15(13)18/h2-9H,10H2,1H3,(H,19,22)(H,20,23). The Hall–Kier alpha value is -2.66. The van der Waals surface area contributed by atoms with Crippen LogP contribution in [0.25, 0.3) is 0 Å². The first-order valence-electron chi connectivity index (χ1n) is 6.91. The molecule has 23 heavy (non-hydrogen) atoms. The summed E-state index contributed by atoms with van der Waals surface area (Å²) in [5.41, 5.74) is 1.69. The molecule has 0 fully saturated rings. The van der Waals surface area contributed by atoms with Crippen molar-refractivity contribution in [2.45, 2.75) is 13.5 Å². The highest BCUT2D eigenvalue weighted by atomic mass is 35.5. The second kappa shape index (κ2) is 7.56. The number of amides is 2. The third-order valence-electron chi connectivity index (χ3n) is 3.15. The molecule has 2 aromatic carbocycles. The second-order valence-electron chi connectivity index (χ2n) is 4.86. The summed E-state index contributed by atoms with van der Waals surface area (Å²) >= 11 is 5.98. The minimum absolute atomic E-state index is 0.0691. The average molecular weight is 331 g/mol. The van der Waals surface area contributed by atoms with Crippen LogP contribution in [-0.4, -0.2) is 17.6 Å². The highest BCUT2D eigenvalue weighted by molar-refractivity contribution is 6.39. The van der Waals surface area contributed by atoms with Crippen molar-refractivity contribution in [2.24, 2.45) is 0 Å². The summed E-state index contributed by atoms with van der Waals surface area (Å²) in [5, 5.41) is 5.48. The van der Waals surface area contributed by atoms with E-state index in [9.17, 15) is 14.4 Å². The second-order valence-corrected chi connectivity index (χ2v) is 5.27. The Labute approximate surface area is 138 Å². The Morgan fingerprint density at radius 2 is 1.61 bits per heavy atom. The molecule has 0 heterocycles. The summed E-state index contributed by atoms with van der Waals surface area (Å²) in [6.45, 7) is 1.62. The summed E-state index contributed by atoms with van der Waals surface area (Å²) in [6.07, 6.45) is 0. The lowest BCUT2D eigenvalue weighted by molar-refractivity contribution is -0.136. The van der Waals surface area contributed by atoms with Crippen LogP contribution < -0.4 is 10.6 Å². The molecule has 2 N–H and O–H groups in total. The molecule has 0 bridgehead atoms. The van der Waals surface area contributed by atoms with Crippen molar-refractivity contribution in [2.75, 3.05) is 5.32 Å². The van der Waals surface area contributed by atoms with Crippen molar-refractivity contribution >= 4 is 34.9 Å². The number of carbonyl (C=O) groups excluding carboxylic acids is 3. The van der Waals surface area contributed by atoms with Crippen LogP contribution in [0.3, 0.4) is 0 Å². The molecule has 0 saturated carbocycles. The molecule has 118 valence electrons. The summed E-state index contributed by atoms with van der Waals surface area (Å²) in [6, 6.07) is 13.3. The molecule has 0 aliphatic carbocycles. The molecule has 0 aromatic heterocycles. The topological polar surface area (TPSA) is 75.3 Å². The lowest BCUT2D eigenvalue weighted by atomic mass is 10.1. The predicted octanol–water partition coefficient (Wildman–Crippen LogP) is 2.80. The molecular formula is C17H15ClN2O3. The highest BCUT2D eigenvalue weighted by Crippen LogP contribution is 2.14. The Balaban J connectivity index is 1.91. The van der Waals surface area contributed by atoms with Crippen LogP contribution in [0, 0.1) is 0 Å². The lowest BCUT2D eigenvalue weighted by Gasteiger charge is -2.08. The molecule has 2 rings (SSSR count). The molecule has 6 heteroatoms. The van der Waals surface area contributed by atoms with E-state index in [1.165, 1.54) is 6.92 Å². The number of ketones is 1. The van der Waals surface area contributed by atoms with Gasteiger partial charge in [0.15, 0.2) is 5.78 Å². The van der Waals surface area contributed by atoms with Crippen LogP contribution in [0.15, 0.2) is 48.5 Å². The fourth-order valence-electron chi connectivity index (χ4n) is 1.87. The summed E-state index contributed by atoms with van der Waals surface area (Å²) < 4.78 is 0. The first kappa shape index (κ1) is 16.7. The van der Waals surface area contributed by atoms with E-state index in [2.05, 4.69) is 10.6 Å². The Morgan fingerprint density at radius 1 is 0.957 bits per heavy atom. The maximum atomic E-state index is 11.8. The van der Waals surface area contributed by atoms with E-state index in [4.69, 9.17) is 11.6 Å². The zero-order valence-electron chi connectivity index (χ0n) is 12.4. The van der Waals surface area contributed by atoms with Crippen LogP contribution in [0.4, 0.5) is 5.69 Å². The predicted molar refractivity (Wildman–Crippen MR) is 88.4 cm³/mol. The Kier molecular flexibility index (Phi) is 5.49. The molecule has 0 aliphatic heterocycles. The van der Waals surface area contributed by atoms with E-state index < -0.39 is 11.8 Å². The molecule has 0 radical (unpaired) electrons. The molecule has 2 amide bonds. The largest absolute Gasteiger partial charge is 0.344 e. The summed E-state index contributed by atoms with van der Waals surface area (Å²) in [4.78, 5) is 34.8. The van der Waals surface area contributed by atoms with Gasteiger partial charge in [-0.2, -0.15) is 0 Å². The molecule has 0 atom stereocenters. The van der Waals surface area contributed by atoms with Gasteiger partial charge in [-0.25, -0.2) is 0 Å². The number of benzene rings is 2. The number of carbonyl (C=O) groups is 3. The molecule has 0 unspecified atom stereocenters. The quantitative estimate of drug-likeness (QED) is 0.668. The average Bonchev–Trinajstić information content (AvgIpc) is 2.54. The van der Waals surface area contributed by atoms with Gasteiger partial charge in [-0.15, -0.1) is 0 Å². The van der Waals surface area contributed by atoms with Gasteiger partial charge in [0, 0.05) is 22.8 Å². The fourth-order valence-corrected chi connectivity index (χ4v) is 2.08. The van der Waals surface area contributed by atoms with Gasteiger partial charge >= 0.3 is 11.8 Å². The van der Waals surface area contributed by atoms with E-state index in [1.807, 2.05) is 0 Å². The van der Waals surface area contributed by atoms with E-state index in [-0.39, 0.29) is 12.3 Å². The van der Waals surface area contributed by atoms with Crippen LogP contribution in [0.2, 0.25) is 5.02 Å². The number of rotatable bonds is 4. The molecular weight excluding hydrogens is 316 g/mol. The molecule has 5 nitrogen and oxygen atoms in total. The summed E-state index contributed by atoms with van der Waals surface area (Å²) in [7, 11) is 0. The van der Waals surface area contributed by atoms with E-state index in [0.717, 1.165) is 5.56 Å². The molecule has 0 aliphatic rings. The maximum absolute atomic E-state index is 11.8. The number of Topliss-reactive ketones (excluding diaryl/α,β-unsaturated/α-hetero) is 1. The van der Waals surface area contributed by atoms with Gasteiger partial charge in [0.2, 0.25) is 0 Å². The monoisotopic (exact) mass is 330 g/mol. The zero-order chi connectivity index (χ0) is 16.8. The Morgan fingerprint density at radius 3 is 2.22 bits per heavy atom. The highest BCUT2D eigenvalue weighted by Gasteiger charge is 2.14. The fraction of sp³-hybridized carbons (Fsp3) is 0.118. The van der Waals surface area contributed by atoms with Crippen LogP contribution >= 0.6 is 11.6 Å². The van der Waals surface area contributed by atoms with Crippen molar-refractivity contribution in [3.8, 4) is 0 Å². The van der Waals surface area contributed by atoms with Gasteiger partial charge in [0.1, 0.15) is 0 Å². The first-order valence-corrected chi connectivity index (χ1v) is 7.29. The third-order valence-corrected chi connectivity index (χ3v) is 3.52. The van der Waals surface area contributed by atoms with Crippen molar-refractivity contribution in [3.63, 3.8) is 0 Å². The van der Waals surface area contributed by atoms with Crippen LogP contribution in [-0.2, 0) is 16.1 Å². The van der Waals surface area contributed by atoms with Gasteiger partial charge < -0.3 is 10.6 Å². The summed E-state index contributed by atoms with van der Waals surface area (Å²) in [5.74, 6) is -1.62. The number of nitrogens with one attached hydrogen (secondary N) is 2. The number of hydrogen-bond acceptors (Lipinski definition) is 3. The third kappa shape index (κ3) is 4.66. The van der Waals surface area contributed by atoms with Gasteiger partial charge in [0.25, 0.3) is 0 Å². The van der Waals surface area contributed by atoms with E-state index in [1.54, 1.807) is 48.5 Å². The van der Waals surface area contributed by atoms with E-state index in [0.29, 0.717) is 16.3 Å². The van der Waals surface area contributed by atoms with Gasteiger partial charge in [-0.1, -0.05) is 29.8 Å². The van der Waals surface area contributed by atoms with Crippen molar-refractivity contribution < 1.29 is 14.4 Å². The number of anilines is 1. The minimum Gasteiger partial charge on any atom is -0.344 e. The first-order chi connectivity index (χ1) is 11.0. The maximum Gasteiger partial charge on any atom is 0.313 e. The van der Waals surface area contributed by atoms with Crippen molar-refractivity contribution in [3.05, 3.63) is 64.7 Å². The molecule has 0 saturated heterocycles. The van der Waals surface area contributed by atoms with Gasteiger partial charge in [-0.05, 0) is 42.8 Å². The van der Waals surface area contributed by atoms with Gasteiger partial charge in [-0.3, -0.25) is 14.4 Å². The molecule has 0 spiro atoms. The van der Waals surface area contributed by atoms with Gasteiger partial charge in [0.05, 0.1) is 0 Å². The van der Waals surface area contributed by atoms with Crippen LogP contribution in [0.5, 0.6) is 0 Å². The van der Waals surface area contributed by atoms with Crippen molar-refractivity contribution in [1.29, 1.82) is 0 Å². The van der Waals surface area contributed by atoms with E-state index >= 15 is 0 Å². The SMILES string of the molecule is CC(=O)c1ccc(NC(=O)C(=O)NCc2ccccc2Cl)cc1. The van der Waals surface area contributed by atoms with Crippen LogP contribution in [0.1, 0.15) is 22.8 Å². The number of hydrogen-bond donors (Lipinski definition) is 2. The smallest absolute Gasteiger partial charge is 0.313 e. The minimum atomic E-state index is -0.785. The van der Waals surface area contributed by atoms with Crippen molar-refractivity contribution in [1.82, 2.24) is 5.32 Å². The Bertz CT molecular complexity index is 742. The number of halogens is 1.